The van der Waals surface area contributed by atoms with E-state index in [0.717, 1.165) is 0 Å². The fourth-order valence-corrected chi connectivity index (χ4v) is 3.81. The lowest BCUT2D eigenvalue weighted by atomic mass is 10.0. The normalized spacial score (nSPS) is 23.9. The number of thioether (sulfide) groups is 1. The van der Waals surface area contributed by atoms with Gasteiger partial charge in [-0.3, -0.25) is 19.2 Å². The van der Waals surface area contributed by atoms with Crippen LogP contribution >= 0.6 is 11.8 Å². The molecule has 1 aromatic heterocycles. The second-order valence-corrected chi connectivity index (χ2v) is 6.26. The summed E-state index contributed by atoms with van der Waals surface area (Å²) in [5.74, 6) is -1.79. The number of hydrogen-bond acceptors (Lipinski definition) is 6. The third-order valence-corrected chi connectivity index (χ3v) is 5.01. The number of rotatable bonds is 3. The number of carboxylic acids is 1. The maximum Gasteiger partial charge on any atom is 0.272 e. The molecule has 0 radical (unpaired) electrons. The van der Waals surface area contributed by atoms with Crippen LogP contribution < -0.4 is 10.4 Å². The molecule has 2 aliphatic heterocycles. The number of hydrogen-bond donors (Lipinski definition) is 1. The van der Waals surface area contributed by atoms with Gasteiger partial charge in [-0.15, -0.1) is 11.8 Å². The monoisotopic (exact) mass is 321 g/mol. The number of nitrogens with zero attached hydrogens (tertiary/aromatic N) is 3. The Bertz CT molecular complexity index is 711. The highest BCUT2D eigenvalue weighted by atomic mass is 32.2. The third-order valence-electron chi connectivity index (χ3n) is 3.59. The summed E-state index contributed by atoms with van der Waals surface area (Å²) >= 11 is 1.41. The van der Waals surface area contributed by atoms with Crippen molar-refractivity contribution < 1.29 is 19.5 Å². The molecular weight excluding hydrogens is 308 g/mol. The van der Waals surface area contributed by atoms with Crippen LogP contribution in [0.1, 0.15) is 17.4 Å². The van der Waals surface area contributed by atoms with E-state index in [1.54, 1.807) is 26.2 Å². The van der Waals surface area contributed by atoms with E-state index in [1.165, 1.54) is 21.3 Å². The number of carbonyl (C=O) groups is 3. The Morgan fingerprint density at radius 3 is 2.82 bits per heavy atom. The second kappa shape index (κ2) is 5.16. The van der Waals surface area contributed by atoms with E-state index in [-0.39, 0.29) is 11.4 Å². The van der Waals surface area contributed by atoms with Crippen molar-refractivity contribution in [3.8, 4) is 0 Å². The smallest absolute Gasteiger partial charge is 0.272 e. The predicted molar refractivity (Wildman–Crippen MR) is 75.3 cm³/mol. The number of carbonyl (C=O) groups excluding carboxylic acids is 3. The van der Waals surface area contributed by atoms with E-state index in [2.05, 4.69) is 10.4 Å². The zero-order valence-electron chi connectivity index (χ0n) is 11.9. The zero-order chi connectivity index (χ0) is 16.0. The van der Waals surface area contributed by atoms with Gasteiger partial charge in [0.2, 0.25) is 0 Å². The number of amides is 2. The first kappa shape index (κ1) is 14.6. The van der Waals surface area contributed by atoms with Gasteiger partial charge in [-0.1, -0.05) is 0 Å². The lowest BCUT2D eigenvalue weighted by molar-refractivity contribution is -0.301. The third kappa shape index (κ3) is 2.17. The molecule has 116 valence electrons. The lowest BCUT2D eigenvalue weighted by Gasteiger charge is -2.50. The number of aryl methyl sites for hydroxylation is 1. The predicted octanol–water partition coefficient (Wildman–Crippen LogP) is -1.54. The molecule has 2 aliphatic rings. The van der Waals surface area contributed by atoms with E-state index in [1.807, 2.05) is 0 Å². The van der Waals surface area contributed by atoms with Crippen LogP contribution in [-0.4, -0.2) is 49.6 Å². The van der Waals surface area contributed by atoms with Crippen molar-refractivity contribution in [3.05, 3.63) is 29.2 Å². The van der Waals surface area contributed by atoms with E-state index in [4.69, 9.17) is 0 Å². The summed E-state index contributed by atoms with van der Waals surface area (Å²) in [6.45, 7) is 1.65. The number of fused-ring (bicyclic) bond motifs is 1. The molecule has 0 spiro atoms. The summed E-state index contributed by atoms with van der Waals surface area (Å²) in [4.78, 5) is 36.6. The summed E-state index contributed by atoms with van der Waals surface area (Å²) in [5, 5.41) is 17.3. The lowest BCUT2D eigenvalue weighted by Crippen LogP contribution is -2.71. The molecule has 3 heterocycles. The molecule has 1 N–H and O–H groups in total. The molecule has 0 aliphatic carbocycles. The van der Waals surface area contributed by atoms with Crippen LogP contribution in [-0.2, 0) is 16.6 Å². The highest BCUT2D eigenvalue weighted by molar-refractivity contribution is 8.00. The molecule has 2 amide bonds. The Morgan fingerprint density at radius 2 is 2.23 bits per heavy atom. The Kier molecular flexibility index (Phi) is 3.44. The summed E-state index contributed by atoms with van der Waals surface area (Å²) in [5.41, 5.74) is 0.711. The zero-order valence-corrected chi connectivity index (χ0v) is 12.7. The Hall–Kier alpha value is -2.29. The van der Waals surface area contributed by atoms with Crippen LogP contribution in [0.3, 0.4) is 0 Å². The van der Waals surface area contributed by atoms with E-state index in [0.29, 0.717) is 11.3 Å². The molecule has 0 saturated carbocycles. The minimum Gasteiger partial charge on any atom is -0.543 e. The first-order chi connectivity index (χ1) is 10.4. The van der Waals surface area contributed by atoms with Crippen LogP contribution in [0.2, 0.25) is 0 Å². The maximum atomic E-state index is 12.2. The van der Waals surface area contributed by atoms with Crippen LogP contribution in [0, 0.1) is 0 Å². The molecule has 3 rings (SSSR count). The average Bonchev–Trinajstić information content (AvgIpc) is 2.90. The molecular formula is C13H13N4O4S-. The van der Waals surface area contributed by atoms with Gasteiger partial charge >= 0.3 is 0 Å². The maximum absolute atomic E-state index is 12.2. The van der Waals surface area contributed by atoms with Gasteiger partial charge in [-0.2, -0.15) is 5.10 Å². The number of carboxylic acid groups (broad SMARTS) is 1. The molecule has 9 heteroatoms. The molecule has 2 atom stereocenters. The van der Waals surface area contributed by atoms with Crippen molar-refractivity contribution in [2.24, 2.45) is 7.05 Å². The van der Waals surface area contributed by atoms with Crippen molar-refractivity contribution in [3.63, 3.8) is 0 Å². The fourth-order valence-electron chi connectivity index (χ4n) is 2.51. The molecule has 22 heavy (non-hydrogen) atoms. The minimum absolute atomic E-state index is 0.0860. The van der Waals surface area contributed by atoms with E-state index >= 15 is 0 Å². The van der Waals surface area contributed by atoms with Gasteiger partial charge < -0.3 is 15.2 Å². The van der Waals surface area contributed by atoms with Gasteiger partial charge in [0, 0.05) is 19.0 Å². The van der Waals surface area contributed by atoms with Crippen LogP contribution in [0.5, 0.6) is 0 Å². The molecule has 1 aromatic rings. The van der Waals surface area contributed by atoms with Gasteiger partial charge in [-0.25, -0.2) is 0 Å². The largest absolute Gasteiger partial charge is 0.543 e. The van der Waals surface area contributed by atoms with Crippen LogP contribution in [0.25, 0.3) is 0 Å². The SMILES string of the molecule is CC1=C(C(=O)[O-])N2C(=O)[C@H](NC(=O)c3ccn(C)n3)[C@H]2SC1. The first-order valence-corrected chi connectivity index (χ1v) is 7.61. The van der Waals surface area contributed by atoms with E-state index < -0.39 is 29.2 Å². The highest BCUT2D eigenvalue weighted by Crippen LogP contribution is 2.39. The summed E-state index contributed by atoms with van der Waals surface area (Å²) in [7, 11) is 1.68. The molecule has 0 bridgehead atoms. The summed E-state index contributed by atoms with van der Waals surface area (Å²) in [6.07, 6.45) is 1.62. The number of aliphatic carboxylic acids is 1. The second-order valence-electron chi connectivity index (χ2n) is 5.15. The van der Waals surface area contributed by atoms with E-state index in [9.17, 15) is 19.5 Å². The van der Waals surface area contributed by atoms with Gasteiger partial charge in [0.1, 0.15) is 17.1 Å². The topological polar surface area (TPSA) is 107 Å². The van der Waals surface area contributed by atoms with Crippen LogP contribution in [0.4, 0.5) is 0 Å². The highest BCUT2D eigenvalue weighted by Gasteiger charge is 2.52. The molecule has 1 saturated heterocycles. The fraction of sp³-hybridized carbons (Fsp3) is 0.385. The van der Waals surface area contributed by atoms with Crippen LogP contribution in [0.15, 0.2) is 23.5 Å². The Morgan fingerprint density at radius 1 is 1.50 bits per heavy atom. The van der Waals surface area contributed by atoms with Gasteiger partial charge in [0.25, 0.3) is 11.8 Å². The van der Waals surface area contributed by atoms with Gasteiger partial charge in [0.15, 0.2) is 0 Å². The van der Waals surface area contributed by atoms with Gasteiger partial charge in [-0.05, 0) is 18.6 Å². The quantitative estimate of drug-likeness (QED) is 0.676. The summed E-state index contributed by atoms with van der Waals surface area (Å²) < 4.78 is 1.49. The number of β-lactam (4-membered cyclic amide) rings is 1. The summed E-state index contributed by atoms with van der Waals surface area (Å²) in [6, 6.07) is 0.794. The molecule has 8 nitrogen and oxygen atoms in total. The van der Waals surface area contributed by atoms with Crippen molar-refractivity contribution in [1.29, 1.82) is 0 Å². The van der Waals surface area contributed by atoms with Crippen molar-refractivity contribution >= 4 is 29.5 Å². The number of nitrogens with one attached hydrogen (secondary N) is 1. The number of aromatic nitrogens is 2. The van der Waals surface area contributed by atoms with Crippen molar-refractivity contribution in [2.75, 3.05) is 5.75 Å². The Labute approximate surface area is 130 Å². The molecule has 0 aromatic carbocycles. The average molecular weight is 321 g/mol. The van der Waals surface area contributed by atoms with Crippen molar-refractivity contribution in [1.82, 2.24) is 20.0 Å². The van der Waals surface area contributed by atoms with Crippen molar-refractivity contribution in [2.45, 2.75) is 18.3 Å². The minimum atomic E-state index is -1.37. The first-order valence-electron chi connectivity index (χ1n) is 6.56. The van der Waals surface area contributed by atoms with Gasteiger partial charge in [0.05, 0.1) is 11.7 Å². The Balaban J connectivity index is 1.76. The molecule has 1 fully saturated rings. The molecule has 0 unspecified atom stereocenters. The standard InChI is InChI=1S/C13H14N4O4S/c1-6-5-22-12-8(11(19)17(12)9(6)13(20)21)14-10(18)7-3-4-16(2)15-7/h3-4,8,12H,5H2,1-2H3,(H,14,18)(H,20,21)/p-1/t8-,12+/m0/s1.